The van der Waals surface area contributed by atoms with Crippen LogP contribution in [-0.4, -0.2) is 72.9 Å². The number of hydrogen-bond acceptors (Lipinski definition) is 8. The first-order chi connectivity index (χ1) is 13.5. The van der Waals surface area contributed by atoms with E-state index < -0.39 is 11.9 Å². The monoisotopic (exact) mass is 422 g/mol. The number of rotatable bonds is 6. The fourth-order valence-corrected chi connectivity index (χ4v) is 3.81. The molecule has 10 heteroatoms. The zero-order chi connectivity index (χ0) is 19.9. The summed E-state index contributed by atoms with van der Waals surface area (Å²) in [5, 5.41) is 3.51. The molecule has 2 aromatic heterocycles. The Hall–Kier alpha value is -2.72. The molecule has 0 atom stereocenters. The van der Waals surface area contributed by atoms with Crippen LogP contribution in [0.3, 0.4) is 0 Å². The highest BCUT2D eigenvalue weighted by molar-refractivity contribution is 7.12. The third-order valence-electron chi connectivity index (χ3n) is 4.08. The third-order valence-corrected chi connectivity index (χ3v) is 5.78. The maximum atomic E-state index is 12.2. The summed E-state index contributed by atoms with van der Waals surface area (Å²) in [6.45, 7) is 0.673. The molecule has 8 nitrogen and oxygen atoms in total. The summed E-state index contributed by atoms with van der Waals surface area (Å²) >= 11 is 2.50. The van der Waals surface area contributed by atoms with Crippen molar-refractivity contribution in [3.05, 3.63) is 44.8 Å². The van der Waals surface area contributed by atoms with Gasteiger partial charge < -0.3 is 19.3 Å². The molecule has 3 heterocycles. The first kappa shape index (κ1) is 20.0. The van der Waals surface area contributed by atoms with Crippen molar-refractivity contribution in [2.75, 3.05) is 39.4 Å². The van der Waals surface area contributed by atoms with E-state index in [4.69, 9.17) is 9.47 Å². The van der Waals surface area contributed by atoms with E-state index in [9.17, 15) is 19.2 Å². The molecule has 0 N–H and O–H groups in total. The van der Waals surface area contributed by atoms with Crippen molar-refractivity contribution in [2.45, 2.75) is 0 Å². The summed E-state index contributed by atoms with van der Waals surface area (Å²) in [5.41, 5.74) is 0. The quantitative estimate of drug-likeness (QED) is 0.655. The van der Waals surface area contributed by atoms with Crippen molar-refractivity contribution >= 4 is 46.4 Å². The van der Waals surface area contributed by atoms with Crippen molar-refractivity contribution in [1.29, 1.82) is 0 Å². The van der Waals surface area contributed by atoms with Crippen molar-refractivity contribution in [3.63, 3.8) is 0 Å². The lowest BCUT2D eigenvalue weighted by Gasteiger charge is -2.34. The minimum Gasteiger partial charge on any atom is -0.451 e. The maximum absolute atomic E-state index is 12.2. The van der Waals surface area contributed by atoms with Crippen molar-refractivity contribution in [2.24, 2.45) is 0 Å². The van der Waals surface area contributed by atoms with Gasteiger partial charge in [-0.3, -0.25) is 9.59 Å². The minimum absolute atomic E-state index is 0.305. The Morgan fingerprint density at radius 2 is 1.14 bits per heavy atom. The number of ether oxygens (including phenoxy) is 2. The summed E-state index contributed by atoms with van der Waals surface area (Å²) in [6.07, 6.45) is 0. The van der Waals surface area contributed by atoms with E-state index in [1.54, 1.807) is 44.8 Å². The number of carbonyl (C=O) groups excluding carboxylic acids is 4. The fourth-order valence-electron chi connectivity index (χ4n) is 2.57. The van der Waals surface area contributed by atoms with E-state index in [-0.39, 0.29) is 25.0 Å². The van der Waals surface area contributed by atoms with Gasteiger partial charge in [0.15, 0.2) is 13.2 Å². The highest BCUT2D eigenvalue weighted by Gasteiger charge is 2.25. The van der Waals surface area contributed by atoms with E-state index in [2.05, 4.69) is 0 Å². The number of esters is 2. The molecule has 28 heavy (non-hydrogen) atoms. The van der Waals surface area contributed by atoms with E-state index in [0.29, 0.717) is 35.9 Å². The molecule has 0 radical (unpaired) electrons. The number of amides is 2. The third kappa shape index (κ3) is 5.17. The Morgan fingerprint density at radius 3 is 1.46 bits per heavy atom. The van der Waals surface area contributed by atoms with Crippen LogP contribution in [0.1, 0.15) is 19.3 Å². The first-order valence-electron chi connectivity index (χ1n) is 8.51. The molecule has 1 fully saturated rings. The van der Waals surface area contributed by atoms with Crippen molar-refractivity contribution in [1.82, 2.24) is 9.80 Å². The van der Waals surface area contributed by atoms with Crippen LogP contribution in [-0.2, 0) is 19.1 Å². The molecule has 3 rings (SSSR count). The largest absolute Gasteiger partial charge is 0.451 e. The fraction of sp³-hybridized carbons (Fsp3) is 0.333. The smallest absolute Gasteiger partial charge is 0.348 e. The Balaban J connectivity index is 1.37. The second-order valence-corrected chi connectivity index (χ2v) is 7.76. The molecule has 0 unspecified atom stereocenters. The average molecular weight is 422 g/mol. The molecule has 1 aliphatic heterocycles. The number of piperazine rings is 1. The zero-order valence-corrected chi connectivity index (χ0v) is 16.5. The molecule has 2 amide bonds. The van der Waals surface area contributed by atoms with E-state index in [1.807, 2.05) is 0 Å². The van der Waals surface area contributed by atoms with Crippen molar-refractivity contribution < 1.29 is 28.7 Å². The van der Waals surface area contributed by atoms with E-state index >= 15 is 0 Å². The lowest BCUT2D eigenvalue weighted by atomic mass is 10.3. The van der Waals surface area contributed by atoms with Gasteiger partial charge in [0.1, 0.15) is 9.75 Å². The second-order valence-electron chi connectivity index (χ2n) is 5.87. The number of nitrogens with zero attached hydrogens (tertiary/aromatic N) is 2. The topological polar surface area (TPSA) is 93.2 Å². The Bertz CT molecular complexity index is 756. The van der Waals surface area contributed by atoms with Crippen LogP contribution >= 0.6 is 22.7 Å². The molecule has 1 aliphatic rings. The van der Waals surface area contributed by atoms with Crippen LogP contribution < -0.4 is 0 Å². The average Bonchev–Trinajstić information content (AvgIpc) is 3.44. The summed E-state index contributed by atoms with van der Waals surface area (Å²) in [6, 6.07) is 6.73. The van der Waals surface area contributed by atoms with Crippen LogP contribution in [0.2, 0.25) is 0 Å². The van der Waals surface area contributed by atoms with Gasteiger partial charge in [-0.1, -0.05) is 12.1 Å². The predicted molar refractivity (Wildman–Crippen MR) is 102 cm³/mol. The van der Waals surface area contributed by atoms with E-state index in [0.717, 1.165) is 0 Å². The molecular weight excluding hydrogens is 404 g/mol. The van der Waals surface area contributed by atoms with Crippen LogP contribution in [0.4, 0.5) is 0 Å². The van der Waals surface area contributed by atoms with Crippen LogP contribution in [0.5, 0.6) is 0 Å². The lowest BCUT2D eigenvalue weighted by Crippen LogP contribution is -2.52. The number of thiophene rings is 2. The summed E-state index contributed by atoms with van der Waals surface area (Å²) in [7, 11) is 0. The zero-order valence-electron chi connectivity index (χ0n) is 14.9. The highest BCUT2D eigenvalue weighted by Crippen LogP contribution is 2.11. The van der Waals surface area contributed by atoms with Gasteiger partial charge in [-0.2, -0.15) is 0 Å². The SMILES string of the molecule is O=C(OCC(=O)N1CCN(C(=O)COC(=O)c2cccs2)CC1)c1cccs1. The highest BCUT2D eigenvalue weighted by atomic mass is 32.1. The number of hydrogen-bond donors (Lipinski definition) is 0. The maximum Gasteiger partial charge on any atom is 0.348 e. The van der Waals surface area contributed by atoms with Crippen LogP contribution in [0.15, 0.2) is 35.0 Å². The predicted octanol–water partition coefficient (Wildman–Crippen LogP) is 1.49. The van der Waals surface area contributed by atoms with Gasteiger partial charge in [-0.15, -0.1) is 22.7 Å². The molecule has 0 bridgehead atoms. The van der Waals surface area contributed by atoms with Gasteiger partial charge >= 0.3 is 11.9 Å². The standard InChI is InChI=1S/C18H18N2O6S2/c21-15(11-25-17(23)13-3-1-9-27-13)19-5-7-20(8-6-19)16(22)12-26-18(24)14-4-2-10-28-14/h1-4,9-10H,5-8,11-12H2. The van der Waals surface area contributed by atoms with Crippen LogP contribution in [0, 0.1) is 0 Å². The minimum atomic E-state index is -0.523. The molecule has 0 spiro atoms. The molecule has 0 aromatic carbocycles. The van der Waals surface area contributed by atoms with Gasteiger partial charge in [0.2, 0.25) is 0 Å². The van der Waals surface area contributed by atoms with E-state index in [1.165, 1.54) is 22.7 Å². The Kier molecular flexibility index (Phi) is 6.77. The molecule has 2 aromatic rings. The molecular formula is C18H18N2O6S2. The molecule has 0 aliphatic carbocycles. The van der Waals surface area contributed by atoms with Gasteiger partial charge in [0, 0.05) is 26.2 Å². The second kappa shape index (κ2) is 9.47. The van der Waals surface area contributed by atoms with Gasteiger partial charge in [0.05, 0.1) is 0 Å². The van der Waals surface area contributed by atoms with Crippen molar-refractivity contribution in [3.8, 4) is 0 Å². The Labute approximate surface area is 169 Å². The van der Waals surface area contributed by atoms with Crippen LogP contribution in [0.25, 0.3) is 0 Å². The lowest BCUT2D eigenvalue weighted by molar-refractivity contribution is -0.142. The van der Waals surface area contributed by atoms with Gasteiger partial charge in [-0.25, -0.2) is 9.59 Å². The molecule has 0 saturated carbocycles. The normalized spacial score (nSPS) is 13.9. The first-order valence-corrected chi connectivity index (χ1v) is 10.3. The molecule has 148 valence electrons. The van der Waals surface area contributed by atoms with Gasteiger partial charge in [0.25, 0.3) is 11.8 Å². The van der Waals surface area contributed by atoms with Gasteiger partial charge in [-0.05, 0) is 22.9 Å². The molecule has 1 saturated heterocycles. The summed E-state index contributed by atoms with van der Waals surface area (Å²) in [4.78, 5) is 51.9. The summed E-state index contributed by atoms with van der Waals surface area (Å²) in [5.74, 6) is -1.66. The summed E-state index contributed by atoms with van der Waals surface area (Å²) < 4.78 is 10.0. The Morgan fingerprint density at radius 1 is 0.750 bits per heavy atom. The number of carbonyl (C=O) groups is 4.